The van der Waals surface area contributed by atoms with Gasteiger partial charge in [-0.1, -0.05) is 12.1 Å². The van der Waals surface area contributed by atoms with Crippen molar-refractivity contribution >= 4 is 17.5 Å². The molecule has 2 N–H and O–H groups in total. The summed E-state index contributed by atoms with van der Waals surface area (Å²) >= 11 is 0. The molecule has 1 saturated carbocycles. The van der Waals surface area contributed by atoms with E-state index < -0.39 is 29.5 Å². The van der Waals surface area contributed by atoms with Gasteiger partial charge in [-0.3, -0.25) is 9.59 Å². The second kappa shape index (κ2) is 6.62. The topological polar surface area (TPSA) is 71.3 Å². The van der Waals surface area contributed by atoms with Gasteiger partial charge in [0.05, 0.1) is 35.9 Å². The number of benzene rings is 1. The molecule has 2 amide bonds. The summed E-state index contributed by atoms with van der Waals surface area (Å²) in [5.74, 6) is -1.49. The fourth-order valence-electron chi connectivity index (χ4n) is 2.56. The lowest BCUT2D eigenvalue weighted by molar-refractivity contribution is -0.137. The van der Waals surface area contributed by atoms with E-state index >= 15 is 0 Å². The standard InChI is InChI=1S/C17H15F3N2O3/c18-17(19,20)13-5-1-2-6-14(13)22-16(24)12-8-11(12)15(23)21-9-10-4-3-7-25-10/h1-7,11-12H,8-9H2,(H,21,23)(H,22,24). The fourth-order valence-corrected chi connectivity index (χ4v) is 2.56. The molecule has 1 aromatic carbocycles. The van der Waals surface area contributed by atoms with E-state index in [-0.39, 0.29) is 18.1 Å². The van der Waals surface area contributed by atoms with Crippen LogP contribution in [0.25, 0.3) is 0 Å². The van der Waals surface area contributed by atoms with Crippen LogP contribution in [0.4, 0.5) is 18.9 Å². The molecule has 8 heteroatoms. The van der Waals surface area contributed by atoms with Crippen molar-refractivity contribution in [3.05, 3.63) is 54.0 Å². The van der Waals surface area contributed by atoms with Crippen molar-refractivity contribution in [2.45, 2.75) is 19.1 Å². The minimum absolute atomic E-state index is 0.202. The monoisotopic (exact) mass is 352 g/mol. The Bertz CT molecular complexity index is 772. The molecule has 1 heterocycles. The highest BCUT2D eigenvalue weighted by Crippen LogP contribution is 2.41. The van der Waals surface area contributed by atoms with Crippen LogP contribution in [0.2, 0.25) is 0 Å². The number of amides is 2. The summed E-state index contributed by atoms with van der Waals surface area (Å²) in [6.45, 7) is 0.202. The van der Waals surface area contributed by atoms with Gasteiger partial charge in [-0.2, -0.15) is 13.2 Å². The fraction of sp³-hybridized carbons (Fsp3) is 0.294. The number of hydrogen-bond acceptors (Lipinski definition) is 3. The van der Waals surface area contributed by atoms with E-state index in [1.54, 1.807) is 12.1 Å². The maximum Gasteiger partial charge on any atom is 0.418 e. The second-order valence-electron chi connectivity index (χ2n) is 5.78. The third kappa shape index (κ3) is 4.01. The van der Waals surface area contributed by atoms with E-state index in [1.165, 1.54) is 24.5 Å². The first-order valence-electron chi connectivity index (χ1n) is 7.63. The Balaban J connectivity index is 1.56. The Morgan fingerprint density at radius 1 is 1.08 bits per heavy atom. The molecule has 1 fully saturated rings. The van der Waals surface area contributed by atoms with Crippen LogP contribution in [-0.2, 0) is 22.3 Å². The van der Waals surface area contributed by atoms with Crippen LogP contribution >= 0.6 is 0 Å². The van der Waals surface area contributed by atoms with Crippen LogP contribution in [0, 0.1) is 11.8 Å². The summed E-state index contributed by atoms with van der Waals surface area (Å²) in [6, 6.07) is 8.13. The number of carbonyl (C=O) groups excluding carboxylic acids is 2. The molecule has 2 unspecified atom stereocenters. The van der Waals surface area contributed by atoms with Gasteiger partial charge in [-0.15, -0.1) is 0 Å². The first-order valence-corrected chi connectivity index (χ1v) is 7.63. The Morgan fingerprint density at radius 3 is 2.48 bits per heavy atom. The Labute approximate surface area is 141 Å². The van der Waals surface area contributed by atoms with E-state index in [0.717, 1.165) is 6.07 Å². The normalized spacial score (nSPS) is 19.3. The molecule has 5 nitrogen and oxygen atoms in total. The molecular weight excluding hydrogens is 337 g/mol. The molecule has 2 atom stereocenters. The molecule has 0 bridgehead atoms. The summed E-state index contributed by atoms with van der Waals surface area (Å²) < 4.78 is 43.9. The third-order valence-electron chi connectivity index (χ3n) is 3.97. The molecule has 1 aromatic heterocycles. The highest BCUT2D eigenvalue weighted by Gasteiger charge is 2.48. The Kier molecular flexibility index (Phi) is 4.52. The molecule has 0 radical (unpaired) electrons. The van der Waals surface area contributed by atoms with Gasteiger partial charge in [0.1, 0.15) is 5.76 Å². The van der Waals surface area contributed by atoms with Gasteiger partial charge >= 0.3 is 6.18 Å². The Hall–Kier alpha value is -2.77. The van der Waals surface area contributed by atoms with Crippen molar-refractivity contribution < 1.29 is 27.2 Å². The van der Waals surface area contributed by atoms with Crippen LogP contribution in [-0.4, -0.2) is 11.8 Å². The molecule has 0 aliphatic heterocycles. The van der Waals surface area contributed by atoms with Gasteiger partial charge in [0, 0.05) is 0 Å². The molecule has 0 saturated heterocycles. The third-order valence-corrected chi connectivity index (χ3v) is 3.97. The summed E-state index contributed by atoms with van der Waals surface area (Å²) in [6.07, 6.45) is -2.77. The number of para-hydroxylation sites is 1. The lowest BCUT2D eigenvalue weighted by Crippen LogP contribution is -2.27. The predicted molar refractivity (Wildman–Crippen MR) is 82.2 cm³/mol. The first-order chi connectivity index (χ1) is 11.9. The SMILES string of the molecule is O=C(NCc1ccco1)C1CC1C(=O)Nc1ccccc1C(F)(F)F. The smallest absolute Gasteiger partial charge is 0.418 e. The molecule has 25 heavy (non-hydrogen) atoms. The predicted octanol–water partition coefficient (Wildman–Crippen LogP) is 3.19. The van der Waals surface area contributed by atoms with Crippen molar-refractivity contribution in [1.29, 1.82) is 0 Å². The largest absolute Gasteiger partial charge is 0.467 e. The van der Waals surface area contributed by atoms with Gasteiger partial charge in [0.2, 0.25) is 11.8 Å². The average Bonchev–Trinajstić information content (AvgIpc) is 3.20. The Morgan fingerprint density at radius 2 is 1.80 bits per heavy atom. The molecule has 3 rings (SSSR count). The first kappa shape index (κ1) is 17.1. The quantitative estimate of drug-likeness (QED) is 0.868. The highest BCUT2D eigenvalue weighted by molar-refractivity contribution is 5.99. The average molecular weight is 352 g/mol. The van der Waals surface area contributed by atoms with Crippen LogP contribution in [0.1, 0.15) is 17.7 Å². The molecule has 1 aliphatic carbocycles. The summed E-state index contributed by atoms with van der Waals surface area (Å²) in [5.41, 5.74) is -1.22. The van der Waals surface area contributed by atoms with Crippen molar-refractivity contribution in [3.63, 3.8) is 0 Å². The number of anilines is 1. The molecule has 0 spiro atoms. The zero-order valence-corrected chi connectivity index (χ0v) is 13.0. The number of alkyl halides is 3. The van der Waals surface area contributed by atoms with Crippen LogP contribution in [0.3, 0.4) is 0 Å². The van der Waals surface area contributed by atoms with Crippen molar-refractivity contribution in [1.82, 2.24) is 5.32 Å². The van der Waals surface area contributed by atoms with Gasteiger partial charge in [-0.25, -0.2) is 0 Å². The number of furan rings is 1. The minimum atomic E-state index is -4.56. The molecule has 132 valence electrons. The highest BCUT2D eigenvalue weighted by atomic mass is 19.4. The van der Waals surface area contributed by atoms with Crippen LogP contribution < -0.4 is 10.6 Å². The lowest BCUT2D eigenvalue weighted by atomic mass is 10.1. The van der Waals surface area contributed by atoms with E-state index in [2.05, 4.69) is 10.6 Å². The molecule has 1 aliphatic rings. The molecule has 2 aromatic rings. The van der Waals surface area contributed by atoms with Crippen molar-refractivity contribution in [2.24, 2.45) is 11.8 Å². The van der Waals surface area contributed by atoms with Crippen LogP contribution in [0.15, 0.2) is 47.1 Å². The van der Waals surface area contributed by atoms with E-state index in [1.807, 2.05) is 0 Å². The molecular formula is C17H15F3N2O3. The van der Waals surface area contributed by atoms with E-state index in [0.29, 0.717) is 12.2 Å². The number of nitrogens with one attached hydrogen (secondary N) is 2. The maximum absolute atomic E-state index is 12.9. The van der Waals surface area contributed by atoms with Gasteiger partial charge in [-0.05, 0) is 30.7 Å². The maximum atomic E-state index is 12.9. The lowest BCUT2D eigenvalue weighted by Gasteiger charge is -2.13. The minimum Gasteiger partial charge on any atom is -0.467 e. The zero-order valence-electron chi connectivity index (χ0n) is 13.0. The van der Waals surface area contributed by atoms with Crippen molar-refractivity contribution in [3.8, 4) is 0 Å². The van der Waals surface area contributed by atoms with Crippen LogP contribution in [0.5, 0.6) is 0 Å². The summed E-state index contributed by atoms with van der Waals surface area (Å²) in [7, 11) is 0. The number of rotatable bonds is 5. The van der Waals surface area contributed by atoms with E-state index in [4.69, 9.17) is 4.42 Å². The number of halogens is 3. The summed E-state index contributed by atoms with van der Waals surface area (Å²) in [5, 5.41) is 4.91. The van der Waals surface area contributed by atoms with E-state index in [9.17, 15) is 22.8 Å². The number of hydrogen-bond donors (Lipinski definition) is 2. The van der Waals surface area contributed by atoms with Gasteiger partial charge in [0.15, 0.2) is 0 Å². The number of carbonyl (C=O) groups is 2. The summed E-state index contributed by atoms with van der Waals surface area (Å²) in [4.78, 5) is 24.1. The van der Waals surface area contributed by atoms with Gasteiger partial charge < -0.3 is 15.1 Å². The van der Waals surface area contributed by atoms with Crippen molar-refractivity contribution in [2.75, 3.05) is 5.32 Å². The second-order valence-corrected chi connectivity index (χ2v) is 5.78. The van der Waals surface area contributed by atoms with Gasteiger partial charge in [0.25, 0.3) is 0 Å². The zero-order chi connectivity index (χ0) is 18.0.